The predicted molar refractivity (Wildman–Crippen MR) is 91.0 cm³/mol. The normalized spacial score (nSPS) is 12.9. The van der Waals surface area contributed by atoms with Gasteiger partial charge in [0.1, 0.15) is 0 Å². The van der Waals surface area contributed by atoms with Gasteiger partial charge in [-0.2, -0.15) is 0 Å². The number of aliphatic hydroxyl groups is 1. The molecule has 1 unspecified atom stereocenters. The SMILES string of the molecule is CC.CC.CC/C=C/C(=O)C(C)(C)C(C)(C)CC(C)O. The molecule has 0 aromatic carbocycles. The largest absolute Gasteiger partial charge is 0.393 e. The first-order chi connectivity index (χ1) is 9.15. The van der Waals surface area contributed by atoms with E-state index in [1.54, 1.807) is 13.0 Å². The lowest BCUT2D eigenvalue weighted by molar-refractivity contribution is -0.129. The van der Waals surface area contributed by atoms with Crippen LogP contribution in [0.5, 0.6) is 0 Å². The highest BCUT2D eigenvalue weighted by atomic mass is 16.3. The van der Waals surface area contributed by atoms with Gasteiger partial charge in [-0.1, -0.05) is 68.4 Å². The molecule has 122 valence electrons. The van der Waals surface area contributed by atoms with Crippen molar-refractivity contribution in [3.8, 4) is 0 Å². The summed E-state index contributed by atoms with van der Waals surface area (Å²) < 4.78 is 0. The fourth-order valence-corrected chi connectivity index (χ4v) is 1.76. The molecule has 2 heteroatoms. The molecule has 0 aliphatic carbocycles. The van der Waals surface area contributed by atoms with E-state index in [9.17, 15) is 9.90 Å². The Balaban J connectivity index is -0.000000656. The second-order valence-corrected chi connectivity index (χ2v) is 5.74. The smallest absolute Gasteiger partial charge is 0.161 e. The van der Waals surface area contributed by atoms with Crippen molar-refractivity contribution in [1.82, 2.24) is 0 Å². The van der Waals surface area contributed by atoms with Crippen LogP contribution in [0.4, 0.5) is 0 Å². The standard InChI is InChI=1S/C14H26O2.2C2H6/c1-7-8-9-12(16)14(5,6)13(3,4)10-11(2)15;2*1-2/h8-9,11,15H,7,10H2,1-6H3;2*1-2H3/b9-8+;;. The summed E-state index contributed by atoms with van der Waals surface area (Å²) in [5.74, 6) is 0.139. The van der Waals surface area contributed by atoms with E-state index >= 15 is 0 Å². The average Bonchev–Trinajstić information content (AvgIpc) is 2.38. The lowest BCUT2D eigenvalue weighted by atomic mass is 9.63. The van der Waals surface area contributed by atoms with Crippen LogP contribution in [0.3, 0.4) is 0 Å². The summed E-state index contributed by atoms with van der Waals surface area (Å²) in [5.41, 5.74) is -0.661. The van der Waals surface area contributed by atoms with Crippen molar-refractivity contribution in [2.24, 2.45) is 10.8 Å². The van der Waals surface area contributed by atoms with Crippen LogP contribution in [-0.4, -0.2) is 17.0 Å². The van der Waals surface area contributed by atoms with Crippen molar-refractivity contribution in [2.45, 2.75) is 88.2 Å². The van der Waals surface area contributed by atoms with E-state index in [1.807, 2.05) is 68.4 Å². The van der Waals surface area contributed by atoms with Gasteiger partial charge in [0.2, 0.25) is 0 Å². The third-order valence-corrected chi connectivity index (χ3v) is 3.62. The van der Waals surface area contributed by atoms with Crippen molar-refractivity contribution in [1.29, 1.82) is 0 Å². The third kappa shape index (κ3) is 8.52. The molecule has 0 rings (SSSR count). The number of allylic oxidation sites excluding steroid dienone is 2. The minimum atomic E-state index is -0.449. The van der Waals surface area contributed by atoms with Crippen LogP contribution in [0.1, 0.15) is 82.1 Å². The van der Waals surface area contributed by atoms with Gasteiger partial charge in [-0.05, 0) is 31.3 Å². The Morgan fingerprint density at radius 3 is 1.80 bits per heavy atom. The fourth-order valence-electron chi connectivity index (χ4n) is 1.76. The number of hydrogen-bond donors (Lipinski definition) is 1. The Morgan fingerprint density at radius 1 is 1.10 bits per heavy atom. The van der Waals surface area contributed by atoms with Crippen LogP contribution >= 0.6 is 0 Å². The van der Waals surface area contributed by atoms with E-state index in [0.29, 0.717) is 6.42 Å². The number of carbonyl (C=O) groups is 1. The Kier molecular flexibility index (Phi) is 14.8. The van der Waals surface area contributed by atoms with Crippen LogP contribution in [-0.2, 0) is 4.79 Å². The first-order valence-corrected chi connectivity index (χ1v) is 8.04. The summed E-state index contributed by atoms with van der Waals surface area (Å²) in [6.07, 6.45) is 4.69. The van der Waals surface area contributed by atoms with Gasteiger partial charge >= 0.3 is 0 Å². The molecule has 0 saturated heterocycles. The molecule has 0 radical (unpaired) electrons. The zero-order chi connectivity index (χ0) is 17.0. The highest BCUT2D eigenvalue weighted by molar-refractivity contribution is 5.94. The molecular weight excluding hydrogens is 248 g/mol. The Bertz CT molecular complexity index is 261. The van der Waals surface area contributed by atoms with Crippen molar-refractivity contribution in [2.75, 3.05) is 0 Å². The molecule has 0 aromatic rings. The van der Waals surface area contributed by atoms with Gasteiger partial charge < -0.3 is 5.11 Å². The minimum Gasteiger partial charge on any atom is -0.393 e. The molecule has 1 N–H and O–H groups in total. The second-order valence-electron chi connectivity index (χ2n) is 5.74. The van der Waals surface area contributed by atoms with E-state index < -0.39 is 5.41 Å². The molecule has 0 bridgehead atoms. The Labute approximate surface area is 127 Å². The summed E-state index contributed by atoms with van der Waals surface area (Å²) >= 11 is 0. The molecule has 1 atom stereocenters. The maximum Gasteiger partial charge on any atom is 0.161 e. The zero-order valence-corrected chi connectivity index (χ0v) is 15.5. The molecule has 0 heterocycles. The predicted octanol–water partition coefficient (Wildman–Crippen LogP) is 5.40. The van der Waals surface area contributed by atoms with Gasteiger partial charge in [0.15, 0.2) is 5.78 Å². The Hall–Kier alpha value is -0.630. The summed E-state index contributed by atoms with van der Waals surface area (Å²) in [4.78, 5) is 12.1. The van der Waals surface area contributed by atoms with Gasteiger partial charge in [-0.25, -0.2) is 0 Å². The van der Waals surface area contributed by atoms with Crippen LogP contribution in [0, 0.1) is 10.8 Å². The van der Waals surface area contributed by atoms with Gasteiger partial charge in [0.25, 0.3) is 0 Å². The molecule has 0 aromatic heterocycles. The fraction of sp³-hybridized carbons (Fsp3) is 0.833. The van der Waals surface area contributed by atoms with E-state index in [1.165, 1.54) is 0 Å². The molecule has 2 nitrogen and oxygen atoms in total. The highest BCUT2D eigenvalue weighted by Gasteiger charge is 2.42. The van der Waals surface area contributed by atoms with Crippen molar-refractivity contribution >= 4 is 5.78 Å². The molecule has 0 amide bonds. The van der Waals surface area contributed by atoms with Crippen LogP contribution in [0.25, 0.3) is 0 Å². The van der Waals surface area contributed by atoms with E-state index in [-0.39, 0.29) is 17.3 Å². The molecule has 0 spiro atoms. The second kappa shape index (κ2) is 12.1. The molecular formula is C18H38O2. The van der Waals surface area contributed by atoms with Gasteiger partial charge in [0, 0.05) is 5.41 Å². The number of ketones is 1. The van der Waals surface area contributed by atoms with E-state index in [2.05, 4.69) is 0 Å². The number of rotatable bonds is 6. The average molecular weight is 286 g/mol. The van der Waals surface area contributed by atoms with Gasteiger partial charge in [0.05, 0.1) is 6.10 Å². The first-order valence-electron chi connectivity index (χ1n) is 8.04. The summed E-state index contributed by atoms with van der Waals surface area (Å²) in [6.45, 7) is 19.8. The van der Waals surface area contributed by atoms with E-state index in [0.717, 1.165) is 6.42 Å². The van der Waals surface area contributed by atoms with Crippen LogP contribution in [0.15, 0.2) is 12.2 Å². The maximum absolute atomic E-state index is 12.1. The lowest BCUT2D eigenvalue weighted by Gasteiger charge is -2.40. The van der Waals surface area contributed by atoms with Crippen LogP contribution < -0.4 is 0 Å². The number of carbonyl (C=O) groups excluding carboxylic acids is 1. The number of hydrogen-bond acceptors (Lipinski definition) is 2. The molecule has 0 aliphatic heterocycles. The first kappa shape index (κ1) is 24.4. The quantitative estimate of drug-likeness (QED) is 0.664. The number of aliphatic hydroxyl groups excluding tert-OH is 1. The monoisotopic (exact) mass is 286 g/mol. The molecule has 0 aliphatic rings. The van der Waals surface area contributed by atoms with Crippen molar-refractivity contribution in [3.63, 3.8) is 0 Å². The molecule has 20 heavy (non-hydrogen) atoms. The maximum atomic E-state index is 12.1. The zero-order valence-electron chi connectivity index (χ0n) is 15.5. The van der Waals surface area contributed by atoms with Gasteiger partial charge in [-0.3, -0.25) is 4.79 Å². The lowest BCUT2D eigenvalue weighted by Crippen LogP contribution is -2.40. The highest BCUT2D eigenvalue weighted by Crippen LogP contribution is 2.43. The van der Waals surface area contributed by atoms with Crippen molar-refractivity contribution < 1.29 is 9.90 Å². The molecule has 0 saturated carbocycles. The summed E-state index contributed by atoms with van der Waals surface area (Å²) in [6, 6.07) is 0. The van der Waals surface area contributed by atoms with Gasteiger partial charge in [-0.15, -0.1) is 0 Å². The van der Waals surface area contributed by atoms with Crippen LogP contribution in [0.2, 0.25) is 0 Å². The Morgan fingerprint density at radius 2 is 1.50 bits per heavy atom. The van der Waals surface area contributed by atoms with Crippen molar-refractivity contribution in [3.05, 3.63) is 12.2 Å². The third-order valence-electron chi connectivity index (χ3n) is 3.62. The summed E-state index contributed by atoms with van der Waals surface area (Å²) in [5, 5.41) is 9.48. The minimum absolute atomic E-state index is 0.139. The van der Waals surface area contributed by atoms with E-state index in [4.69, 9.17) is 0 Å². The summed E-state index contributed by atoms with van der Waals surface area (Å²) in [7, 11) is 0. The topological polar surface area (TPSA) is 37.3 Å². The molecule has 0 fully saturated rings.